The minimum absolute atomic E-state index is 0.297. The van der Waals surface area contributed by atoms with Crippen LogP contribution < -0.4 is 4.90 Å². The van der Waals surface area contributed by atoms with Crippen molar-refractivity contribution in [3.8, 4) is 11.4 Å². The normalized spacial score (nSPS) is 15.8. The van der Waals surface area contributed by atoms with E-state index in [1.807, 2.05) is 25.1 Å². The average Bonchev–Trinajstić information content (AvgIpc) is 2.77. The SMILES string of the molecule is Cc1ccccc1Cc1c(C)nc(-c2ccccc2)nc1N1CCN(CC(C)O)CC1. The number of hydrogen-bond acceptors (Lipinski definition) is 5. The Balaban J connectivity index is 1.70. The van der Waals surface area contributed by atoms with Crippen LogP contribution >= 0.6 is 0 Å². The number of hydrogen-bond donors (Lipinski definition) is 1. The van der Waals surface area contributed by atoms with E-state index in [-0.39, 0.29) is 6.10 Å². The van der Waals surface area contributed by atoms with Gasteiger partial charge in [0, 0.05) is 56.0 Å². The van der Waals surface area contributed by atoms with Crippen LogP contribution in [0.2, 0.25) is 0 Å². The predicted octanol–water partition coefficient (Wildman–Crippen LogP) is 3.85. The fourth-order valence-corrected chi connectivity index (χ4v) is 4.28. The van der Waals surface area contributed by atoms with E-state index in [0.717, 1.165) is 62.0 Å². The zero-order valence-corrected chi connectivity index (χ0v) is 18.8. The lowest BCUT2D eigenvalue weighted by molar-refractivity contribution is 0.122. The molecule has 1 aromatic heterocycles. The molecule has 0 aliphatic carbocycles. The quantitative estimate of drug-likeness (QED) is 0.661. The van der Waals surface area contributed by atoms with E-state index < -0.39 is 0 Å². The molecule has 1 aliphatic rings. The highest BCUT2D eigenvalue weighted by Crippen LogP contribution is 2.29. The third-order valence-corrected chi connectivity index (χ3v) is 6.05. The summed E-state index contributed by atoms with van der Waals surface area (Å²) >= 11 is 0. The molecule has 1 atom stereocenters. The Morgan fingerprint density at radius 1 is 0.903 bits per heavy atom. The Morgan fingerprint density at radius 2 is 1.58 bits per heavy atom. The van der Waals surface area contributed by atoms with Crippen LogP contribution in [0.3, 0.4) is 0 Å². The van der Waals surface area contributed by atoms with Gasteiger partial charge in [-0.3, -0.25) is 4.90 Å². The van der Waals surface area contributed by atoms with Crippen molar-refractivity contribution < 1.29 is 5.11 Å². The van der Waals surface area contributed by atoms with Gasteiger partial charge in [0.2, 0.25) is 0 Å². The van der Waals surface area contributed by atoms with Gasteiger partial charge < -0.3 is 10.0 Å². The molecule has 162 valence electrons. The van der Waals surface area contributed by atoms with Crippen LogP contribution in [0.25, 0.3) is 11.4 Å². The molecule has 1 fully saturated rings. The van der Waals surface area contributed by atoms with Crippen molar-refractivity contribution in [2.75, 3.05) is 37.6 Å². The number of anilines is 1. The summed E-state index contributed by atoms with van der Waals surface area (Å²) in [6.45, 7) is 10.5. The van der Waals surface area contributed by atoms with Gasteiger partial charge in [0.25, 0.3) is 0 Å². The zero-order chi connectivity index (χ0) is 21.8. The van der Waals surface area contributed by atoms with Crippen LogP contribution in [0, 0.1) is 13.8 Å². The Kier molecular flexibility index (Phi) is 6.64. The molecule has 0 spiro atoms. The molecule has 3 aromatic rings. The summed E-state index contributed by atoms with van der Waals surface area (Å²) < 4.78 is 0. The van der Waals surface area contributed by atoms with Crippen molar-refractivity contribution in [2.24, 2.45) is 0 Å². The molecule has 0 bridgehead atoms. The van der Waals surface area contributed by atoms with Crippen molar-refractivity contribution in [1.29, 1.82) is 0 Å². The van der Waals surface area contributed by atoms with E-state index in [9.17, 15) is 5.11 Å². The minimum atomic E-state index is -0.297. The lowest BCUT2D eigenvalue weighted by Gasteiger charge is -2.37. The van der Waals surface area contributed by atoms with E-state index in [4.69, 9.17) is 9.97 Å². The number of aryl methyl sites for hydroxylation is 2. The van der Waals surface area contributed by atoms with Crippen molar-refractivity contribution in [2.45, 2.75) is 33.3 Å². The van der Waals surface area contributed by atoms with E-state index in [1.54, 1.807) is 0 Å². The summed E-state index contributed by atoms with van der Waals surface area (Å²) in [5, 5.41) is 9.74. The molecular formula is C26H32N4O. The Bertz CT molecular complexity index is 1010. The largest absolute Gasteiger partial charge is 0.392 e. The van der Waals surface area contributed by atoms with E-state index >= 15 is 0 Å². The molecule has 5 heteroatoms. The maximum Gasteiger partial charge on any atom is 0.161 e. The van der Waals surface area contributed by atoms with Crippen molar-refractivity contribution in [1.82, 2.24) is 14.9 Å². The smallest absolute Gasteiger partial charge is 0.161 e. The average molecular weight is 417 g/mol. The van der Waals surface area contributed by atoms with Gasteiger partial charge in [-0.2, -0.15) is 0 Å². The van der Waals surface area contributed by atoms with Gasteiger partial charge in [-0.05, 0) is 31.9 Å². The molecule has 5 nitrogen and oxygen atoms in total. The second-order valence-electron chi connectivity index (χ2n) is 8.54. The summed E-state index contributed by atoms with van der Waals surface area (Å²) in [6, 6.07) is 18.8. The van der Waals surface area contributed by atoms with E-state index in [1.165, 1.54) is 16.7 Å². The number of aliphatic hydroxyl groups excluding tert-OH is 1. The van der Waals surface area contributed by atoms with Crippen LogP contribution in [0.4, 0.5) is 5.82 Å². The minimum Gasteiger partial charge on any atom is -0.392 e. The molecule has 4 rings (SSSR count). The van der Waals surface area contributed by atoms with E-state index in [2.05, 4.69) is 60.0 Å². The van der Waals surface area contributed by atoms with Gasteiger partial charge in [0.1, 0.15) is 5.82 Å². The van der Waals surface area contributed by atoms with Crippen LogP contribution in [0.5, 0.6) is 0 Å². The number of aromatic nitrogens is 2. The Labute approximate surface area is 185 Å². The molecule has 1 saturated heterocycles. The molecule has 2 aromatic carbocycles. The van der Waals surface area contributed by atoms with Gasteiger partial charge in [-0.25, -0.2) is 9.97 Å². The molecule has 31 heavy (non-hydrogen) atoms. The third-order valence-electron chi connectivity index (χ3n) is 6.05. The van der Waals surface area contributed by atoms with Gasteiger partial charge in [0.15, 0.2) is 5.82 Å². The second-order valence-corrected chi connectivity index (χ2v) is 8.54. The van der Waals surface area contributed by atoms with Gasteiger partial charge in [-0.15, -0.1) is 0 Å². The highest BCUT2D eigenvalue weighted by atomic mass is 16.3. The Hall–Kier alpha value is -2.76. The predicted molar refractivity (Wildman–Crippen MR) is 127 cm³/mol. The lowest BCUT2D eigenvalue weighted by Crippen LogP contribution is -2.48. The fraction of sp³-hybridized carbons (Fsp3) is 0.385. The second kappa shape index (κ2) is 9.58. The number of rotatable bonds is 6. The topological polar surface area (TPSA) is 52.5 Å². The highest BCUT2D eigenvalue weighted by molar-refractivity contribution is 5.61. The number of piperazine rings is 1. The first kappa shape index (κ1) is 21.5. The Morgan fingerprint density at radius 3 is 2.26 bits per heavy atom. The van der Waals surface area contributed by atoms with Crippen LogP contribution in [-0.4, -0.2) is 58.8 Å². The molecule has 0 radical (unpaired) electrons. The van der Waals surface area contributed by atoms with E-state index in [0.29, 0.717) is 0 Å². The number of β-amino-alcohol motifs (C(OH)–C–C–N with tert-alkyl or cyclic N) is 1. The summed E-state index contributed by atoms with van der Waals surface area (Å²) in [7, 11) is 0. The number of benzene rings is 2. The molecule has 2 heterocycles. The monoisotopic (exact) mass is 416 g/mol. The molecule has 1 unspecified atom stereocenters. The summed E-state index contributed by atoms with van der Waals surface area (Å²) in [5.41, 5.74) is 5.90. The van der Waals surface area contributed by atoms with Gasteiger partial charge in [0.05, 0.1) is 6.10 Å². The first-order valence-corrected chi connectivity index (χ1v) is 11.1. The highest BCUT2D eigenvalue weighted by Gasteiger charge is 2.24. The third kappa shape index (κ3) is 5.12. The standard InChI is InChI=1S/C26H32N4O/c1-19-9-7-8-12-23(19)17-24-21(3)27-25(22-10-5-4-6-11-22)28-26(24)30-15-13-29(14-16-30)18-20(2)31/h4-12,20,31H,13-18H2,1-3H3. The van der Waals surface area contributed by atoms with Crippen molar-refractivity contribution >= 4 is 5.82 Å². The van der Waals surface area contributed by atoms with Crippen LogP contribution in [0.15, 0.2) is 54.6 Å². The fourth-order valence-electron chi connectivity index (χ4n) is 4.28. The summed E-state index contributed by atoms with van der Waals surface area (Å²) in [5.74, 6) is 1.83. The number of aliphatic hydroxyl groups is 1. The first-order valence-electron chi connectivity index (χ1n) is 11.1. The van der Waals surface area contributed by atoms with Crippen LogP contribution in [-0.2, 0) is 6.42 Å². The maximum atomic E-state index is 9.74. The van der Waals surface area contributed by atoms with Crippen molar-refractivity contribution in [3.63, 3.8) is 0 Å². The molecule has 0 amide bonds. The summed E-state index contributed by atoms with van der Waals surface area (Å²) in [4.78, 5) is 14.7. The first-order chi connectivity index (χ1) is 15.0. The molecule has 0 saturated carbocycles. The van der Waals surface area contributed by atoms with Gasteiger partial charge >= 0.3 is 0 Å². The van der Waals surface area contributed by atoms with Crippen LogP contribution in [0.1, 0.15) is 29.3 Å². The summed E-state index contributed by atoms with van der Waals surface area (Å²) in [6.07, 6.45) is 0.533. The number of nitrogens with zero attached hydrogens (tertiary/aromatic N) is 4. The molecule has 1 aliphatic heterocycles. The maximum absolute atomic E-state index is 9.74. The van der Waals surface area contributed by atoms with Crippen molar-refractivity contribution in [3.05, 3.63) is 77.0 Å². The lowest BCUT2D eigenvalue weighted by atomic mass is 9.99. The van der Waals surface area contributed by atoms with Gasteiger partial charge in [-0.1, -0.05) is 54.6 Å². The molecule has 1 N–H and O–H groups in total. The molecular weight excluding hydrogens is 384 g/mol. The zero-order valence-electron chi connectivity index (χ0n) is 18.8.